The molecule has 4 heteroatoms. The van der Waals surface area contributed by atoms with Gasteiger partial charge in [-0.25, -0.2) is 4.90 Å². The summed E-state index contributed by atoms with van der Waals surface area (Å²) in [7, 11) is 0. The lowest BCUT2D eigenvalue weighted by Gasteiger charge is -2.19. The molecule has 1 fully saturated rings. The van der Waals surface area contributed by atoms with Gasteiger partial charge in [-0.2, -0.15) is 0 Å². The summed E-state index contributed by atoms with van der Waals surface area (Å²) in [4.78, 5) is 26.6. The van der Waals surface area contributed by atoms with Crippen molar-refractivity contribution in [1.29, 1.82) is 0 Å². The number of benzene rings is 2. The maximum Gasteiger partial charge on any atom is 0.256 e. The molecule has 3 rings (SSSR count). The zero-order chi connectivity index (χ0) is 17.3. The highest BCUT2D eigenvalue weighted by Crippen LogP contribution is 2.29. The molecular formula is C20H22N2O2. The molecule has 1 saturated heterocycles. The van der Waals surface area contributed by atoms with Crippen LogP contribution in [0.4, 0.5) is 11.4 Å². The molecule has 0 bridgehead atoms. The van der Waals surface area contributed by atoms with Crippen LogP contribution in [0.2, 0.25) is 0 Å². The van der Waals surface area contributed by atoms with Gasteiger partial charge in [0.2, 0.25) is 5.91 Å². The fraction of sp³-hybridized carbons (Fsp3) is 0.300. The van der Waals surface area contributed by atoms with Crippen LogP contribution in [0.15, 0.2) is 42.5 Å². The molecule has 1 aliphatic heterocycles. The molecule has 0 saturated carbocycles. The first-order valence-corrected chi connectivity index (χ1v) is 8.29. The number of carbonyl (C=O) groups is 2. The summed E-state index contributed by atoms with van der Waals surface area (Å²) in [6.07, 6.45) is 1.06. The predicted octanol–water partition coefficient (Wildman–Crippen LogP) is 3.61. The second kappa shape index (κ2) is 6.48. The number of aryl methyl sites for hydroxylation is 3. The lowest BCUT2D eigenvalue weighted by Crippen LogP contribution is -2.35. The van der Waals surface area contributed by atoms with E-state index in [9.17, 15) is 9.59 Å². The minimum atomic E-state index is -0.508. The van der Waals surface area contributed by atoms with Crippen molar-refractivity contribution < 1.29 is 9.59 Å². The van der Waals surface area contributed by atoms with Gasteiger partial charge in [0.15, 0.2) is 0 Å². The average Bonchev–Trinajstić information content (AvgIpc) is 2.83. The summed E-state index contributed by atoms with van der Waals surface area (Å²) in [5.74, 6) is -0.337. The maximum atomic E-state index is 12.8. The minimum Gasteiger partial charge on any atom is -0.373 e. The zero-order valence-electron chi connectivity index (χ0n) is 14.3. The van der Waals surface area contributed by atoms with Gasteiger partial charge < -0.3 is 5.32 Å². The van der Waals surface area contributed by atoms with Crippen LogP contribution in [0.3, 0.4) is 0 Å². The zero-order valence-corrected chi connectivity index (χ0v) is 14.3. The Morgan fingerprint density at radius 1 is 1.12 bits per heavy atom. The number of anilines is 2. The Bertz CT molecular complexity index is 798. The van der Waals surface area contributed by atoms with Crippen LogP contribution in [-0.4, -0.2) is 17.9 Å². The fourth-order valence-electron chi connectivity index (χ4n) is 3.21. The van der Waals surface area contributed by atoms with Crippen LogP contribution in [0.1, 0.15) is 30.0 Å². The third-order valence-corrected chi connectivity index (χ3v) is 4.47. The Hall–Kier alpha value is -2.62. The number of nitrogens with one attached hydrogen (secondary N) is 1. The highest BCUT2D eigenvalue weighted by atomic mass is 16.2. The summed E-state index contributed by atoms with van der Waals surface area (Å²) in [6, 6.07) is 13.2. The number of amides is 2. The topological polar surface area (TPSA) is 49.4 Å². The van der Waals surface area contributed by atoms with Crippen LogP contribution < -0.4 is 10.2 Å². The van der Waals surface area contributed by atoms with Crippen molar-refractivity contribution in [2.45, 2.75) is 39.7 Å². The van der Waals surface area contributed by atoms with Crippen molar-refractivity contribution in [3.63, 3.8) is 0 Å². The van der Waals surface area contributed by atoms with E-state index in [1.54, 1.807) is 0 Å². The molecule has 2 aromatic carbocycles. The van der Waals surface area contributed by atoms with Gasteiger partial charge >= 0.3 is 0 Å². The highest BCUT2D eigenvalue weighted by molar-refractivity contribution is 6.23. The number of hydrogen-bond acceptors (Lipinski definition) is 3. The second-order valence-electron chi connectivity index (χ2n) is 6.27. The predicted molar refractivity (Wildman–Crippen MR) is 96.3 cm³/mol. The van der Waals surface area contributed by atoms with Gasteiger partial charge in [-0.1, -0.05) is 42.8 Å². The van der Waals surface area contributed by atoms with E-state index in [0.717, 1.165) is 28.8 Å². The lowest BCUT2D eigenvalue weighted by molar-refractivity contribution is -0.121. The largest absolute Gasteiger partial charge is 0.373 e. The number of nitrogens with zero attached hydrogens (tertiary/aromatic N) is 1. The van der Waals surface area contributed by atoms with Gasteiger partial charge in [0.25, 0.3) is 5.91 Å². The molecule has 1 heterocycles. The normalized spacial score (nSPS) is 17.5. The van der Waals surface area contributed by atoms with Gasteiger partial charge in [0, 0.05) is 5.69 Å². The van der Waals surface area contributed by atoms with Crippen molar-refractivity contribution in [2.24, 2.45) is 0 Å². The monoisotopic (exact) mass is 322 g/mol. The van der Waals surface area contributed by atoms with Gasteiger partial charge in [0.1, 0.15) is 6.04 Å². The van der Waals surface area contributed by atoms with Crippen LogP contribution >= 0.6 is 0 Å². The molecule has 1 aliphatic rings. The van der Waals surface area contributed by atoms with Crippen molar-refractivity contribution in [3.8, 4) is 0 Å². The van der Waals surface area contributed by atoms with Gasteiger partial charge in [0.05, 0.1) is 12.1 Å². The van der Waals surface area contributed by atoms with E-state index in [0.29, 0.717) is 5.69 Å². The second-order valence-corrected chi connectivity index (χ2v) is 6.27. The first-order valence-electron chi connectivity index (χ1n) is 8.29. The van der Waals surface area contributed by atoms with Crippen molar-refractivity contribution >= 4 is 23.2 Å². The molecule has 4 nitrogen and oxygen atoms in total. The molecule has 2 aromatic rings. The molecule has 1 atom stereocenters. The molecule has 0 aromatic heterocycles. The highest BCUT2D eigenvalue weighted by Gasteiger charge is 2.40. The molecule has 0 spiro atoms. The molecule has 0 unspecified atom stereocenters. The van der Waals surface area contributed by atoms with Crippen molar-refractivity contribution in [2.75, 3.05) is 10.2 Å². The molecule has 1 N–H and O–H groups in total. The fourth-order valence-corrected chi connectivity index (χ4v) is 3.21. The average molecular weight is 322 g/mol. The van der Waals surface area contributed by atoms with E-state index >= 15 is 0 Å². The number of hydrogen-bond donors (Lipinski definition) is 1. The van der Waals surface area contributed by atoms with Crippen molar-refractivity contribution in [1.82, 2.24) is 0 Å². The number of imide groups is 1. The smallest absolute Gasteiger partial charge is 0.256 e. The first kappa shape index (κ1) is 16.2. The third-order valence-electron chi connectivity index (χ3n) is 4.47. The summed E-state index contributed by atoms with van der Waals surface area (Å²) < 4.78 is 0. The molecular weight excluding hydrogens is 300 g/mol. The maximum absolute atomic E-state index is 12.8. The molecule has 124 valence electrons. The van der Waals surface area contributed by atoms with Gasteiger partial charge in [-0.05, 0) is 43.5 Å². The number of carbonyl (C=O) groups excluding carboxylic acids is 2. The Kier molecular flexibility index (Phi) is 4.38. The molecule has 0 aliphatic carbocycles. The van der Waals surface area contributed by atoms with E-state index in [1.807, 2.05) is 56.3 Å². The van der Waals surface area contributed by atoms with E-state index in [2.05, 4.69) is 12.2 Å². The Morgan fingerprint density at radius 2 is 1.88 bits per heavy atom. The minimum absolute atomic E-state index is 0.154. The summed E-state index contributed by atoms with van der Waals surface area (Å²) >= 11 is 0. The standard InChI is InChI=1S/C20H22N2O2/c1-4-15-7-5-6-8-16(15)21-17-12-19(23)22(20(17)24)18-10-9-13(2)11-14(18)3/h5-11,17,21H,4,12H2,1-3H3/t17-/m0/s1. The van der Waals surface area contributed by atoms with Crippen LogP contribution in [0, 0.1) is 13.8 Å². The SMILES string of the molecule is CCc1ccccc1N[C@H]1CC(=O)N(c2ccc(C)cc2C)C1=O. The lowest BCUT2D eigenvalue weighted by atomic mass is 10.1. The molecule has 24 heavy (non-hydrogen) atoms. The van der Waals surface area contributed by atoms with E-state index < -0.39 is 6.04 Å². The molecule has 0 radical (unpaired) electrons. The molecule has 2 amide bonds. The quantitative estimate of drug-likeness (QED) is 0.875. The van der Waals surface area contributed by atoms with E-state index in [4.69, 9.17) is 0 Å². The number of rotatable bonds is 4. The summed E-state index contributed by atoms with van der Waals surface area (Å²) in [5, 5.41) is 3.26. The first-order chi connectivity index (χ1) is 11.5. The Morgan fingerprint density at radius 3 is 2.58 bits per heavy atom. The summed E-state index contributed by atoms with van der Waals surface area (Å²) in [6.45, 7) is 6.00. The summed E-state index contributed by atoms with van der Waals surface area (Å²) in [5.41, 5.74) is 4.80. The van der Waals surface area contributed by atoms with Crippen LogP contribution in [-0.2, 0) is 16.0 Å². The third kappa shape index (κ3) is 2.92. The van der Waals surface area contributed by atoms with Crippen LogP contribution in [0.25, 0.3) is 0 Å². The number of para-hydroxylation sites is 1. The Balaban J connectivity index is 1.86. The van der Waals surface area contributed by atoms with E-state index in [-0.39, 0.29) is 18.2 Å². The van der Waals surface area contributed by atoms with Crippen LogP contribution in [0.5, 0.6) is 0 Å². The van der Waals surface area contributed by atoms with Crippen molar-refractivity contribution in [3.05, 3.63) is 59.2 Å². The van der Waals surface area contributed by atoms with E-state index in [1.165, 1.54) is 4.90 Å². The van der Waals surface area contributed by atoms with Gasteiger partial charge in [-0.3, -0.25) is 9.59 Å². The Labute approximate surface area is 142 Å². The van der Waals surface area contributed by atoms with Gasteiger partial charge in [-0.15, -0.1) is 0 Å².